The summed E-state index contributed by atoms with van der Waals surface area (Å²) >= 11 is 0. The quantitative estimate of drug-likeness (QED) is 0.330. The molecular weight excluding hydrogens is 543 g/mol. The average Bonchev–Trinajstić information content (AvgIpc) is 3.52. The van der Waals surface area contributed by atoms with Gasteiger partial charge >= 0.3 is 18.2 Å². The van der Waals surface area contributed by atoms with Gasteiger partial charge in [-0.3, -0.25) is 4.90 Å². The molecule has 0 unspecified atom stereocenters. The number of carbonyl (C=O) groups excluding carboxylic acids is 1. The lowest BCUT2D eigenvalue weighted by Gasteiger charge is -2.38. The smallest absolute Gasteiger partial charge is 0.416 e. The van der Waals surface area contributed by atoms with Crippen molar-refractivity contribution in [3.05, 3.63) is 66.4 Å². The van der Waals surface area contributed by atoms with Gasteiger partial charge in [0.05, 0.1) is 23.1 Å². The number of nitrogens with zero attached hydrogens (tertiary/aromatic N) is 4. The van der Waals surface area contributed by atoms with Crippen molar-refractivity contribution in [1.29, 1.82) is 0 Å². The number of aromatic nitrogens is 3. The number of imidazole rings is 1. The maximum Gasteiger partial charge on any atom is 0.416 e. The van der Waals surface area contributed by atoms with Crippen molar-refractivity contribution in [1.82, 2.24) is 15.0 Å². The Morgan fingerprint density at radius 2 is 1.85 bits per heavy atom. The highest BCUT2D eigenvalue weighted by Gasteiger charge is 2.47. The van der Waals surface area contributed by atoms with Gasteiger partial charge in [0.25, 0.3) is 0 Å². The lowest BCUT2D eigenvalue weighted by molar-refractivity contribution is -0.139. The van der Waals surface area contributed by atoms with E-state index in [0.717, 1.165) is 18.0 Å². The van der Waals surface area contributed by atoms with Crippen LogP contribution in [0.1, 0.15) is 18.4 Å². The first-order valence-corrected chi connectivity index (χ1v) is 12.8. The predicted octanol–water partition coefficient (Wildman–Crippen LogP) is 5.10. The second-order valence-electron chi connectivity index (χ2n) is 10.0. The summed E-state index contributed by atoms with van der Waals surface area (Å²) in [6.07, 6.45) is -2.04. The standard InChI is InChI=1S/C28H24F3N5O5/c29-28(30,31)18-2-7-21-22(13-18)34-25(33-21)17-1-8-23(32-14-17)35-11-9-27(10-12-35)16-36(26(39)41-27)19-3-5-20(6-4-19)40-15-24(37)38/h1-8,13-14H,9-12,15-16H2,(H,33,34)(H,37,38). The number of nitrogens with one attached hydrogen (secondary N) is 1. The summed E-state index contributed by atoms with van der Waals surface area (Å²) in [6, 6.07) is 13.6. The minimum atomic E-state index is -4.43. The van der Waals surface area contributed by atoms with Crippen LogP contribution in [0.3, 0.4) is 0 Å². The number of hydrogen-bond donors (Lipinski definition) is 2. The SMILES string of the molecule is O=C(O)COc1ccc(N2CC3(CCN(c4ccc(-c5nc6ccc(C(F)(F)F)cc6[nH]5)cn4)CC3)OC2=O)cc1. The van der Waals surface area contributed by atoms with E-state index >= 15 is 0 Å². The van der Waals surface area contributed by atoms with Crippen molar-refractivity contribution in [2.24, 2.45) is 0 Å². The molecule has 0 atom stereocenters. The molecular formula is C28H24F3N5O5. The van der Waals surface area contributed by atoms with Crippen molar-refractivity contribution in [3.8, 4) is 17.1 Å². The van der Waals surface area contributed by atoms with Crippen molar-refractivity contribution in [3.63, 3.8) is 0 Å². The van der Waals surface area contributed by atoms with Gasteiger partial charge in [0.2, 0.25) is 0 Å². The van der Waals surface area contributed by atoms with Gasteiger partial charge in [0, 0.05) is 43.4 Å². The normalized spacial score (nSPS) is 16.8. The van der Waals surface area contributed by atoms with E-state index in [1.807, 2.05) is 12.1 Å². The number of H-pyrrole nitrogens is 1. The van der Waals surface area contributed by atoms with Crippen molar-refractivity contribution in [2.75, 3.05) is 36.0 Å². The van der Waals surface area contributed by atoms with E-state index < -0.39 is 36.0 Å². The van der Waals surface area contributed by atoms with Gasteiger partial charge in [-0.25, -0.2) is 19.6 Å². The number of benzene rings is 2. The Morgan fingerprint density at radius 3 is 2.51 bits per heavy atom. The summed E-state index contributed by atoms with van der Waals surface area (Å²) in [7, 11) is 0. The van der Waals surface area contributed by atoms with E-state index in [4.69, 9.17) is 14.6 Å². The van der Waals surface area contributed by atoms with E-state index in [9.17, 15) is 22.8 Å². The largest absolute Gasteiger partial charge is 0.482 e. The first-order chi connectivity index (χ1) is 19.6. The third kappa shape index (κ3) is 5.34. The van der Waals surface area contributed by atoms with Gasteiger partial charge in [-0.1, -0.05) is 0 Å². The van der Waals surface area contributed by atoms with Crippen LogP contribution in [0, 0.1) is 0 Å². The number of fused-ring (bicyclic) bond motifs is 1. The lowest BCUT2D eigenvalue weighted by Crippen LogP contribution is -2.47. The molecule has 2 N–H and O–H groups in total. The maximum absolute atomic E-state index is 13.0. The van der Waals surface area contributed by atoms with Crippen LogP contribution in [-0.2, 0) is 15.7 Å². The number of anilines is 2. The van der Waals surface area contributed by atoms with E-state index in [1.165, 1.54) is 6.07 Å². The van der Waals surface area contributed by atoms with E-state index in [2.05, 4.69) is 19.9 Å². The van der Waals surface area contributed by atoms with Crippen molar-refractivity contribution < 1.29 is 37.3 Å². The predicted molar refractivity (Wildman–Crippen MR) is 142 cm³/mol. The van der Waals surface area contributed by atoms with Crippen LogP contribution in [0.2, 0.25) is 0 Å². The summed E-state index contributed by atoms with van der Waals surface area (Å²) in [5.41, 5.74) is 0.633. The van der Waals surface area contributed by atoms with Crippen LogP contribution in [0.4, 0.5) is 29.5 Å². The number of amides is 1. The number of carboxylic acid groups (broad SMARTS) is 1. The van der Waals surface area contributed by atoms with Crippen LogP contribution >= 0.6 is 0 Å². The third-order valence-corrected chi connectivity index (χ3v) is 7.31. The van der Waals surface area contributed by atoms with Crippen LogP contribution in [0.5, 0.6) is 5.75 Å². The van der Waals surface area contributed by atoms with Crippen LogP contribution in [0.25, 0.3) is 22.4 Å². The molecule has 41 heavy (non-hydrogen) atoms. The zero-order valence-corrected chi connectivity index (χ0v) is 21.5. The Balaban J connectivity index is 1.09. The van der Waals surface area contributed by atoms with Gasteiger partial charge in [-0.2, -0.15) is 13.2 Å². The molecule has 0 radical (unpaired) electrons. The third-order valence-electron chi connectivity index (χ3n) is 7.31. The molecule has 4 aromatic rings. The molecule has 0 saturated carbocycles. The first-order valence-electron chi connectivity index (χ1n) is 12.8. The molecule has 13 heteroatoms. The number of piperidine rings is 1. The molecule has 4 heterocycles. The highest BCUT2D eigenvalue weighted by atomic mass is 19.4. The molecule has 6 rings (SSSR count). The summed E-state index contributed by atoms with van der Waals surface area (Å²) in [5.74, 6) is 0.475. The van der Waals surface area contributed by atoms with E-state index in [0.29, 0.717) is 66.3 Å². The van der Waals surface area contributed by atoms with Gasteiger partial charge in [-0.05, 0) is 54.6 Å². The molecule has 2 fully saturated rings. The number of halogens is 3. The summed E-state index contributed by atoms with van der Waals surface area (Å²) < 4.78 is 50.1. The van der Waals surface area contributed by atoms with Crippen molar-refractivity contribution >= 4 is 34.6 Å². The monoisotopic (exact) mass is 567 g/mol. The maximum atomic E-state index is 13.0. The summed E-state index contributed by atoms with van der Waals surface area (Å²) in [6.45, 7) is 1.17. The number of alkyl halides is 3. The number of pyridine rings is 1. The fraction of sp³-hybridized carbons (Fsp3) is 0.286. The molecule has 10 nitrogen and oxygen atoms in total. The number of carbonyl (C=O) groups is 2. The molecule has 0 bridgehead atoms. The number of rotatable bonds is 6. The summed E-state index contributed by atoms with van der Waals surface area (Å²) in [5, 5.41) is 8.75. The Morgan fingerprint density at radius 1 is 1.10 bits per heavy atom. The highest BCUT2D eigenvalue weighted by Crippen LogP contribution is 2.37. The Kier molecular flexibility index (Phi) is 6.43. The van der Waals surface area contributed by atoms with Crippen LogP contribution in [-0.4, -0.2) is 64.0 Å². The molecule has 2 aromatic heterocycles. The zero-order valence-electron chi connectivity index (χ0n) is 21.5. The Labute approximate surface area is 231 Å². The van der Waals surface area contributed by atoms with Gasteiger partial charge < -0.3 is 24.5 Å². The average molecular weight is 568 g/mol. The highest BCUT2D eigenvalue weighted by molar-refractivity contribution is 5.90. The zero-order chi connectivity index (χ0) is 28.8. The molecule has 0 aliphatic carbocycles. The van der Waals surface area contributed by atoms with Gasteiger partial charge in [-0.15, -0.1) is 0 Å². The Bertz CT molecular complexity index is 1600. The Hall–Kier alpha value is -4.81. The molecule has 2 aromatic carbocycles. The minimum Gasteiger partial charge on any atom is -0.482 e. The molecule has 212 valence electrons. The fourth-order valence-corrected chi connectivity index (χ4v) is 5.13. The van der Waals surface area contributed by atoms with Crippen LogP contribution < -0.4 is 14.5 Å². The molecule has 2 aliphatic heterocycles. The van der Waals surface area contributed by atoms with Gasteiger partial charge in [0.1, 0.15) is 23.0 Å². The minimum absolute atomic E-state index is 0.294. The van der Waals surface area contributed by atoms with E-state index in [-0.39, 0.29) is 0 Å². The number of aliphatic carboxylic acids is 1. The molecule has 2 aliphatic rings. The topological polar surface area (TPSA) is 121 Å². The number of carboxylic acids is 1. The van der Waals surface area contributed by atoms with Crippen LogP contribution in [0.15, 0.2) is 60.8 Å². The second kappa shape index (κ2) is 9.98. The first kappa shape index (κ1) is 26.4. The fourth-order valence-electron chi connectivity index (χ4n) is 5.13. The molecule has 1 spiro atoms. The van der Waals surface area contributed by atoms with Crippen molar-refractivity contribution in [2.45, 2.75) is 24.6 Å². The summed E-state index contributed by atoms with van der Waals surface area (Å²) in [4.78, 5) is 38.9. The number of ether oxygens (including phenoxy) is 2. The lowest BCUT2D eigenvalue weighted by atomic mass is 9.91. The number of hydrogen-bond acceptors (Lipinski definition) is 7. The van der Waals surface area contributed by atoms with Gasteiger partial charge in [0.15, 0.2) is 6.61 Å². The second-order valence-corrected chi connectivity index (χ2v) is 10.0. The molecule has 2 saturated heterocycles. The van der Waals surface area contributed by atoms with E-state index in [1.54, 1.807) is 35.4 Å². The molecule has 1 amide bonds. The number of aromatic amines is 1.